The molecule has 41 heteroatoms. The molecule has 2 heterocycles. The third kappa shape index (κ3) is 37.8. The number of likely N-dealkylation sites (tertiary alicyclic amines) is 1. The van der Waals surface area contributed by atoms with Crippen LogP contribution < -0.4 is 74.4 Å². The third-order valence-electron chi connectivity index (χ3n) is 22.7. The van der Waals surface area contributed by atoms with Crippen molar-refractivity contribution in [2.45, 2.75) is 303 Å². The van der Waals surface area contributed by atoms with E-state index in [9.17, 15) is 82.1 Å². The normalized spacial score (nSPS) is 15.8. The summed E-state index contributed by atoms with van der Waals surface area (Å²) in [5, 5.41) is 54.9. The number of ether oxygens (including phenoxy) is 4. The Balaban J connectivity index is 1.27. The number of aromatic nitrogens is 2. The molecule has 0 radical (unpaired) electrons. The molecule has 5 aromatic rings. The van der Waals surface area contributed by atoms with Crippen molar-refractivity contribution in [1.29, 1.82) is 0 Å². The molecule has 41 nitrogen and oxygen atoms in total. The van der Waals surface area contributed by atoms with Crippen molar-refractivity contribution in [2.24, 2.45) is 11.8 Å². The molecule has 1 saturated heterocycles. The number of benzene rings is 4. The Morgan fingerprint density at radius 1 is 0.440 bits per heavy atom. The van der Waals surface area contributed by atoms with Crippen LogP contribution in [-0.4, -0.2) is 272 Å². The van der Waals surface area contributed by atoms with E-state index in [1.807, 2.05) is 102 Å². The van der Waals surface area contributed by atoms with Crippen LogP contribution in [0.4, 0.5) is 0 Å². The molecule has 0 bridgehead atoms. The third-order valence-corrected chi connectivity index (χ3v) is 22.7. The Bertz CT molecular complexity index is 5020. The molecule has 0 spiro atoms. The minimum absolute atomic E-state index is 0.171. The molecular weight excluding hydrogens is 1820 g/mol. The van der Waals surface area contributed by atoms with Crippen LogP contribution in [0.1, 0.15) is 211 Å². The molecule has 1 aromatic heterocycles. The Morgan fingerprint density at radius 2 is 0.887 bits per heavy atom. The van der Waals surface area contributed by atoms with Crippen molar-refractivity contribution in [3.8, 4) is 0 Å². The lowest BCUT2D eigenvalue weighted by Gasteiger charge is -2.37. The molecule has 1 aliphatic heterocycles. The van der Waals surface area contributed by atoms with Gasteiger partial charge in [0.2, 0.25) is 88.6 Å². The van der Waals surface area contributed by atoms with Crippen LogP contribution in [0.5, 0.6) is 0 Å². The van der Waals surface area contributed by atoms with Crippen LogP contribution in [0.25, 0.3) is 0 Å². The van der Waals surface area contributed by atoms with Gasteiger partial charge in [0.25, 0.3) is 0 Å². The molecule has 15 atom stereocenters. The zero-order valence-electron chi connectivity index (χ0n) is 84.2. The van der Waals surface area contributed by atoms with E-state index < -0.39 is 265 Å². The first-order chi connectivity index (χ1) is 66.0. The summed E-state index contributed by atoms with van der Waals surface area (Å²) in [5.74, 6) is -18.2. The van der Waals surface area contributed by atoms with E-state index in [2.05, 4.69) is 74.4 Å². The predicted octanol–water partition coefficient (Wildman–Crippen LogP) is 2.85. The van der Waals surface area contributed by atoms with Crippen LogP contribution in [0.3, 0.4) is 0 Å². The molecule has 772 valence electrons. The smallest absolute Gasteiger partial charge is 0.326 e. The number of hydrogen-bond donors (Lipinski definition) is 16. The van der Waals surface area contributed by atoms with E-state index in [1.165, 1.54) is 32.6 Å². The topological polar surface area (TPSA) is 574 Å². The molecule has 0 aliphatic carbocycles. The average molecular weight is 1970 g/mol. The van der Waals surface area contributed by atoms with Crippen LogP contribution >= 0.6 is 0 Å². The molecule has 1 aliphatic rings. The largest absolute Gasteiger partial charge is 0.481 e. The van der Waals surface area contributed by atoms with Gasteiger partial charge >= 0.3 is 17.9 Å². The number of carbonyl (C=O) groups is 18. The summed E-state index contributed by atoms with van der Waals surface area (Å²) in [5.41, 5.74) is -1.98. The van der Waals surface area contributed by atoms with E-state index in [1.54, 1.807) is 147 Å². The van der Waals surface area contributed by atoms with Gasteiger partial charge < -0.3 is 113 Å². The lowest BCUT2D eigenvalue weighted by atomic mass is 9.77. The fourth-order valence-corrected chi connectivity index (χ4v) is 15.5. The van der Waals surface area contributed by atoms with Gasteiger partial charge in [-0.15, -0.1) is 0 Å². The van der Waals surface area contributed by atoms with Crippen LogP contribution in [0, 0.1) is 11.8 Å². The van der Waals surface area contributed by atoms with Crippen LogP contribution in [0.2, 0.25) is 0 Å². The van der Waals surface area contributed by atoms with E-state index in [-0.39, 0.29) is 44.0 Å². The van der Waals surface area contributed by atoms with Gasteiger partial charge in [0.1, 0.15) is 77.6 Å². The van der Waals surface area contributed by atoms with Crippen molar-refractivity contribution < 1.29 is 115 Å². The minimum atomic E-state index is -1.95. The van der Waals surface area contributed by atoms with Gasteiger partial charge in [0, 0.05) is 38.9 Å². The van der Waals surface area contributed by atoms with E-state index in [0.29, 0.717) is 24.8 Å². The lowest BCUT2D eigenvalue weighted by Crippen LogP contribution is -2.63. The molecule has 141 heavy (non-hydrogen) atoms. The van der Waals surface area contributed by atoms with Crippen LogP contribution in [-0.2, 0) is 124 Å². The summed E-state index contributed by atoms with van der Waals surface area (Å²) in [6, 6.07) is 20.0. The first kappa shape index (κ1) is 116. The van der Waals surface area contributed by atoms with Crippen molar-refractivity contribution in [2.75, 3.05) is 39.3 Å². The summed E-state index contributed by atoms with van der Waals surface area (Å²) < 4.78 is 25.7. The Kier molecular flexibility index (Phi) is 44.2. The Morgan fingerprint density at radius 3 is 1.39 bits per heavy atom. The lowest BCUT2D eigenvalue weighted by molar-refractivity contribution is -0.155. The number of amides is 15. The zero-order chi connectivity index (χ0) is 105. The number of carboxylic acid groups (broad SMARTS) is 2. The van der Waals surface area contributed by atoms with E-state index in [0.717, 1.165) is 16.7 Å². The van der Waals surface area contributed by atoms with Crippen molar-refractivity contribution in [3.63, 3.8) is 0 Å². The highest BCUT2D eigenvalue weighted by Gasteiger charge is 2.45. The highest BCUT2D eigenvalue weighted by molar-refractivity contribution is 6.00. The predicted molar refractivity (Wildman–Crippen MR) is 518 cm³/mol. The molecule has 1 fully saturated rings. The molecular formula is C100H143N17O24. The van der Waals surface area contributed by atoms with Gasteiger partial charge in [0.05, 0.1) is 80.2 Å². The first-order valence-electron chi connectivity index (χ1n) is 47.3. The van der Waals surface area contributed by atoms with Gasteiger partial charge in [-0.25, -0.2) is 9.78 Å². The van der Waals surface area contributed by atoms with E-state index >= 15 is 14.4 Å². The highest BCUT2D eigenvalue weighted by atomic mass is 16.6. The van der Waals surface area contributed by atoms with Gasteiger partial charge in [0.15, 0.2) is 0 Å². The van der Waals surface area contributed by atoms with Crippen molar-refractivity contribution >= 4 is 107 Å². The number of carboxylic acids is 2. The summed E-state index contributed by atoms with van der Waals surface area (Å²) in [6.07, 6.45) is -0.393. The number of rotatable bonds is 52. The standard InChI is InChI=1S/C100H143N17O24/c1-21-58(3)81(114-90(131)74-44-35-47-117(74)94(135)82(59(4)22-2)112-77(121)52-101-63(8)118)91(132)104-51-75(119)102-53-76(120)107-71(49-68-55-116(57-105-68)100(65-38-29-24-30-39-65,66-40-31-25-32-41-66)67-42-33-26-34-43-67)87(128)106-60(5)85(126)108-69(45-46-80(125)141-99(18,19)20)86(127)103-54-78(122)113-83(61(6)139-97(12,13)14)92(133)109-70(48-64-36-27-23-28-37-64)88(129)115-84(62(7)140-98(15,16)17)93(134)111-73(56-138-96(9,10)11)89(130)110-72(95(136)137)50-79(123)124/h23-34,36-43,55,57-62,69-74,81-84H,21-22,35,44-54,56H2,1-20H3,(H,101,118)(H,102,119)(H,103,127)(H,104,132)(H,106,128)(H,107,120)(H,108,126)(H,109,133)(H,110,130)(H,111,134)(H,112,121)(H,113,122)(H,114,131)(H,115,129)(H,123,124)(H,136,137)/t58-,59-,60-,61+,62+,69-,70-,71-,72-,73-,74-,81-,82-,83-,84-/m0/s1. The maximum Gasteiger partial charge on any atom is 0.326 e. The molecule has 4 aromatic carbocycles. The number of esters is 1. The Labute approximate surface area is 822 Å². The van der Waals surface area contributed by atoms with Crippen molar-refractivity contribution in [1.82, 2.24) is 88.9 Å². The second-order valence-corrected chi connectivity index (χ2v) is 39.1. The fourth-order valence-electron chi connectivity index (χ4n) is 15.5. The number of hydrogen-bond acceptors (Lipinski definition) is 23. The molecule has 15 amide bonds. The van der Waals surface area contributed by atoms with Crippen LogP contribution in [0.15, 0.2) is 134 Å². The van der Waals surface area contributed by atoms with Gasteiger partial charge in [-0.2, -0.15) is 0 Å². The van der Waals surface area contributed by atoms with Gasteiger partial charge in [-0.05, 0) is 157 Å². The van der Waals surface area contributed by atoms with Gasteiger partial charge in [-0.3, -0.25) is 81.5 Å². The SMILES string of the molecule is CC[C@H](C)[C@H](NC(=O)[C@@H]1CCCN1C(=O)[C@@H](NC(=O)CNC(C)=O)[C@@H](C)CC)C(=O)NCC(=O)NCC(=O)N[C@@H](Cc1cn(C(c2ccccc2)(c2ccccc2)c2ccccc2)cn1)C(=O)N[C@@H](C)C(=O)N[C@@H](CCC(=O)OC(C)(C)C)C(=O)NCC(=O)N[C@H](C(=O)N[C@@H](Cc1ccccc1)C(=O)N[C@H](C(=O)N[C@@H](COC(C)(C)C)C(=O)N[C@@H](CC(=O)O)C(=O)O)[C@@H](C)OC(C)(C)C)[C@@H](C)OC(C)(C)C. The summed E-state index contributed by atoms with van der Waals surface area (Å²) in [6.45, 7) is 28.9. The summed E-state index contributed by atoms with van der Waals surface area (Å²) in [4.78, 5) is 256. The average Bonchev–Trinajstić information content (AvgIpc) is 1.68. The quantitative estimate of drug-likeness (QED) is 0.0197. The summed E-state index contributed by atoms with van der Waals surface area (Å²) >= 11 is 0. The second-order valence-electron chi connectivity index (χ2n) is 39.1. The first-order valence-corrected chi connectivity index (χ1v) is 47.3. The van der Waals surface area contributed by atoms with E-state index in [4.69, 9.17) is 23.9 Å². The molecule has 16 N–H and O–H groups in total. The monoisotopic (exact) mass is 1970 g/mol. The zero-order valence-corrected chi connectivity index (χ0v) is 84.2. The number of aliphatic carboxylic acids is 2. The summed E-state index contributed by atoms with van der Waals surface area (Å²) in [7, 11) is 0. The van der Waals surface area contributed by atoms with Crippen molar-refractivity contribution in [3.05, 3.63) is 162 Å². The number of carbonyl (C=O) groups excluding carboxylic acids is 16. The number of imidazole rings is 1. The second kappa shape index (κ2) is 53.7. The van der Waals surface area contributed by atoms with Gasteiger partial charge in [-0.1, -0.05) is 162 Å². The maximum absolute atomic E-state index is 15.1. The highest BCUT2D eigenvalue weighted by Crippen LogP contribution is 2.41. The Hall–Kier alpha value is -13.6. The molecule has 0 unspecified atom stereocenters. The number of nitrogens with zero attached hydrogens (tertiary/aromatic N) is 3. The maximum atomic E-state index is 15.1. The minimum Gasteiger partial charge on any atom is -0.481 e. The molecule has 0 saturated carbocycles. The fraction of sp³-hybridized carbons (Fsp3) is 0.550. The molecule has 6 rings (SSSR count). The number of nitrogens with one attached hydrogen (secondary N) is 14.